The van der Waals surface area contributed by atoms with E-state index in [0.29, 0.717) is 24.8 Å². The van der Waals surface area contributed by atoms with Crippen LogP contribution in [0.15, 0.2) is 9.72 Å². The van der Waals surface area contributed by atoms with Crippen LogP contribution in [0.4, 0.5) is 0 Å². The predicted molar refractivity (Wildman–Crippen MR) is 164 cm³/mol. The van der Waals surface area contributed by atoms with Gasteiger partial charge in [0.1, 0.15) is 0 Å². The zero-order chi connectivity index (χ0) is 26.6. The fourth-order valence-corrected chi connectivity index (χ4v) is 6.54. The van der Waals surface area contributed by atoms with Crippen LogP contribution in [0.5, 0.6) is 0 Å². The molecular formula is C29H52ClN3O3S2. The van der Waals surface area contributed by atoms with Crippen molar-refractivity contribution < 1.29 is 14.3 Å². The summed E-state index contributed by atoms with van der Waals surface area (Å²) in [5, 5.41) is 5.34. The van der Waals surface area contributed by atoms with Crippen molar-refractivity contribution in [2.24, 2.45) is 0 Å². The van der Waals surface area contributed by atoms with Gasteiger partial charge in [0.05, 0.1) is 6.61 Å². The lowest BCUT2D eigenvalue weighted by Gasteiger charge is -2.25. The molecule has 1 amide bonds. The van der Waals surface area contributed by atoms with Gasteiger partial charge in [-0.15, -0.1) is 23.7 Å². The number of carbonyl (C=O) groups excluding carboxylic acids is 2. The van der Waals surface area contributed by atoms with E-state index in [-0.39, 0.29) is 24.3 Å². The molecule has 1 fully saturated rings. The molecule has 9 heteroatoms. The van der Waals surface area contributed by atoms with Crippen LogP contribution < -0.4 is 5.32 Å². The molecule has 220 valence electrons. The number of hydrogen-bond donors (Lipinski definition) is 1. The highest BCUT2D eigenvalue weighted by Crippen LogP contribution is 2.25. The summed E-state index contributed by atoms with van der Waals surface area (Å²) in [6.45, 7) is 7.61. The Morgan fingerprint density at radius 3 is 2.34 bits per heavy atom. The number of esters is 1. The number of carbonyl (C=O) groups is 2. The lowest BCUT2D eigenvalue weighted by atomic mass is 10.1. The van der Waals surface area contributed by atoms with Crippen LogP contribution >= 0.6 is 35.5 Å². The van der Waals surface area contributed by atoms with Gasteiger partial charge in [-0.1, -0.05) is 103 Å². The van der Waals surface area contributed by atoms with Crippen LogP contribution in [0.1, 0.15) is 127 Å². The molecule has 1 aromatic rings. The normalized spacial score (nSPS) is 15.2. The highest BCUT2D eigenvalue weighted by Gasteiger charge is 2.30. The molecule has 1 saturated heterocycles. The molecule has 0 bridgehead atoms. The molecule has 1 N–H and O–H groups in total. The first-order valence-corrected chi connectivity index (χ1v) is 16.8. The molecule has 0 aliphatic carbocycles. The minimum Gasteiger partial charge on any atom is -0.461 e. The number of aromatic nitrogens is 1. The van der Waals surface area contributed by atoms with Crippen molar-refractivity contribution in [2.45, 2.75) is 127 Å². The largest absolute Gasteiger partial charge is 0.461 e. The van der Waals surface area contributed by atoms with Crippen molar-refractivity contribution in [3.63, 3.8) is 0 Å². The number of rotatable bonds is 23. The molecule has 1 aliphatic rings. The number of thiazole rings is 1. The predicted octanol–water partition coefficient (Wildman–Crippen LogP) is 7.90. The third kappa shape index (κ3) is 15.1. The summed E-state index contributed by atoms with van der Waals surface area (Å²) in [5.74, 6) is 0.730. The Bertz CT molecular complexity index is 750. The summed E-state index contributed by atoms with van der Waals surface area (Å²) in [5.41, 5.74) is 0.404. The van der Waals surface area contributed by atoms with Crippen molar-refractivity contribution in [1.29, 1.82) is 0 Å². The number of halogens is 1. The van der Waals surface area contributed by atoms with Crippen molar-refractivity contribution in [3.05, 3.63) is 11.1 Å². The molecule has 6 nitrogen and oxygen atoms in total. The maximum Gasteiger partial charge on any atom is 0.357 e. The molecule has 1 atom stereocenters. The summed E-state index contributed by atoms with van der Waals surface area (Å²) in [7, 11) is 0. The first kappa shape index (κ1) is 35.2. The molecule has 0 radical (unpaired) electrons. The third-order valence-corrected chi connectivity index (χ3v) is 9.02. The molecule has 2 heterocycles. The van der Waals surface area contributed by atoms with Crippen LogP contribution in [0, 0.1) is 0 Å². The second-order valence-corrected chi connectivity index (χ2v) is 12.4. The van der Waals surface area contributed by atoms with E-state index in [0.717, 1.165) is 49.0 Å². The summed E-state index contributed by atoms with van der Waals surface area (Å²) in [6.07, 6.45) is 19.2. The van der Waals surface area contributed by atoms with E-state index in [2.05, 4.69) is 24.1 Å². The summed E-state index contributed by atoms with van der Waals surface area (Å²) in [6, 6.07) is 0.298. The maximum atomic E-state index is 12.4. The van der Waals surface area contributed by atoms with E-state index in [4.69, 9.17) is 4.74 Å². The summed E-state index contributed by atoms with van der Waals surface area (Å²) < 4.78 is 6.29. The number of unbranched alkanes of at least 4 members (excludes halogenated alkanes) is 12. The van der Waals surface area contributed by atoms with Gasteiger partial charge < -0.3 is 15.0 Å². The molecule has 0 unspecified atom stereocenters. The Hall–Kier alpha value is -0.830. The SMILES string of the molecule is CCCCCCCCCCCOC(=O)c1csc(SCCN2C(=O)CC[C@@H]2CNCCCCCCC)n1.Cl. The number of hydrogen-bond acceptors (Lipinski definition) is 7. The van der Waals surface area contributed by atoms with Crippen LogP contribution in [0.3, 0.4) is 0 Å². The topological polar surface area (TPSA) is 71.5 Å². The number of thioether (sulfide) groups is 1. The Morgan fingerprint density at radius 2 is 1.66 bits per heavy atom. The Labute approximate surface area is 246 Å². The van der Waals surface area contributed by atoms with E-state index in [1.807, 2.05) is 4.90 Å². The van der Waals surface area contributed by atoms with Crippen LogP contribution in [0.2, 0.25) is 0 Å². The zero-order valence-electron chi connectivity index (χ0n) is 23.8. The fourth-order valence-electron chi connectivity index (χ4n) is 4.74. The lowest BCUT2D eigenvalue weighted by Crippen LogP contribution is -2.41. The van der Waals surface area contributed by atoms with E-state index < -0.39 is 0 Å². The fraction of sp³-hybridized carbons (Fsp3) is 0.828. The van der Waals surface area contributed by atoms with Gasteiger partial charge in [-0.05, 0) is 25.8 Å². The van der Waals surface area contributed by atoms with Crippen LogP contribution in [-0.4, -0.2) is 59.8 Å². The van der Waals surface area contributed by atoms with E-state index >= 15 is 0 Å². The maximum absolute atomic E-state index is 12.4. The molecule has 1 aromatic heterocycles. The quantitative estimate of drug-likeness (QED) is 0.0794. The highest BCUT2D eigenvalue weighted by molar-refractivity contribution is 8.01. The first-order chi connectivity index (χ1) is 18.2. The minimum absolute atomic E-state index is 0. The second-order valence-electron chi connectivity index (χ2n) is 10.2. The summed E-state index contributed by atoms with van der Waals surface area (Å²) in [4.78, 5) is 31.2. The highest BCUT2D eigenvalue weighted by atomic mass is 35.5. The molecule has 2 rings (SSSR count). The van der Waals surface area contributed by atoms with Gasteiger partial charge in [0.15, 0.2) is 10.0 Å². The molecule has 0 spiro atoms. The molecule has 0 saturated carbocycles. The van der Waals surface area contributed by atoms with Crippen LogP contribution in [-0.2, 0) is 9.53 Å². The van der Waals surface area contributed by atoms with Crippen LogP contribution in [0.25, 0.3) is 0 Å². The Kier molecular flexibility index (Phi) is 21.2. The number of amides is 1. The van der Waals surface area contributed by atoms with Crippen molar-refractivity contribution >= 4 is 47.4 Å². The second kappa shape index (κ2) is 22.9. The zero-order valence-corrected chi connectivity index (χ0v) is 26.3. The smallest absolute Gasteiger partial charge is 0.357 e. The van der Waals surface area contributed by atoms with Gasteiger partial charge in [0.2, 0.25) is 5.91 Å². The number of nitrogens with one attached hydrogen (secondary N) is 1. The van der Waals surface area contributed by atoms with Gasteiger partial charge in [0, 0.05) is 36.7 Å². The number of likely N-dealkylation sites (tertiary alicyclic amines) is 1. The van der Waals surface area contributed by atoms with Gasteiger partial charge in [0.25, 0.3) is 0 Å². The van der Waals surface area contributed by atoms with Crippen molar-refractivity contribution in [2.75, 3.05) is 32.0 Å². The standard InChI is InChI=1S/C29H51N3O3S2.ClH/c1-3-5-7-9-10-11-12-14-16-21-35-28(34)26-24-37-29(31-26)36-22-20-32-25(17-18-27(32)33)23-30-19-15-13-8-6-4-2;/h24-25,30H,3-23H2,1-2H3;1H/t25-;/m1./s1. The first-order valence-electron chi connectivity index (χ1n) is 14.9. The lowest BCUT2D eigenvalue weighted by molar-refractivity contribution is -0.128. The third-order valence-electron chi connectivity index (χ3n) is 7.02. The van der Waals surface area contributed by atoms with Gasteiger partial charge in [-0.3, -0.25) is 4.79 Å². The van der Waals surface area contributed by atoms with Gasteiger partial charge in [-0.25, -0.2) is 9.78 Å². The summed E-state index contributed by atoms with van der Waals surface area (Å²) >= 11 is 3.10. The van der Waals surface area contributed by atoms with E-state index in [1.165, 1.54) is 88.4 Å². The van der Waals surface area contributed by atoms with Crippen molar-refractivity contribution in [1.82, 2.24) is 15.2 Å². The minimum atomic E-state index is -0.321. The molecule has 0 aromatic carbocycles. The monoisotopic (exact) mass is 589 g/mol. The Morgan fingerprint density at radius 1 is 1.03 bits per heavy atom. The van der Waals surface area contributed by atoms with Gasteiger partial charge >= 0.3 is 5.97 Å². The van der Waals surface area contributed by atoms with E-state index in [9.17, 15) is 9.59 Å². The number of ether oxygens (including phenoxy) is 1. The van der Waals surface area contributed by atoms with Crippen molar-refractivity contribution in [3.8, 4) is 0 Å². The number of nitrogens with zero attached hydrogens (tertiary/aromatic N) is 2. The average Bonchev–Trinajstić information content (AvgIpc) is 3.51. The van der Waals surface area contributed by atoms with E-state index in [1.54, 1.807) is 17.1 Å². The molecule has 38 heavy (non-hydrogen) atoms. The van der Waals surface area contributed by atoms with Gasteiger partial charge in [-0.2, -0.15) is 0 Å². The molecule has 1 aliphatic heterocycles. The molecular weight excluding hydrogens is 538 g/mol. The Balaban J connectivity index is 0.00000722. The average molecular weight is 590 g/mol.